The summed E-state index contributed by atoms with van der Waals surface area (Å²) in [4.78, 5) is 0. The Morgan fingerprint density at radius 2 is 1.95 bits per heavy atom. The highest BCUT2D eigenvalue weighted by Gasteiger charge is 2.11. The lowest BCUT2D eigenvalue weighted by Gasteiger charge is -2.19. The monoisotopic (exact) mass is 277 g/mol. The van der Waals surface area contributed by atoms with E-state index in [-0.39, 0.29) is 0 Å². The summed E-state index contributed by atoms with van der Waals surface area (Å²) in [7, 11) is 1.78. The Hall–Kier alpha value is -0.860. The lowest BCUT2D eigenvalue weighted by Crippen LogP contribution is -2.25. The highest BCUT2D eigenvalue weighted by atomic mass is 16.5. The molecule has 1 rings (SSSR count). The van der Waals surface area contributed by atoms with E-state index in [1.165, 1.54) is 24.0 Å². The molecule has 114 valence electrons. The van der Waals surface area contributed by atoms with E-state index in [2.05, 4.69) is 50.4 Å². The number of rotatable bonds is 10. The van der Waals surface area contributed by atoms with Crippen molar-refractivity contribution in [3.05, 3.63) is 35.4 Å². The number of aryl methyl sites for hydroxylation is 1. The van der Waals surface area contributed by atoms with Crippen molar-refractivity contribution in [2.45, 2.75) is 46.0 Å². The summed E-state index contributed by atoms with van der Waals surface area (Å²) in [5, 5.41) is 3.61. The van der Waals surface area contributed by atoms with Crippen molar-refractivity contribution >= 4 is 0 Å². The molecule has 0 radical (unpaired) electrons. The molecule has 0 bridgehead atoms. The van der Waals surface area contributed by atoms with Crippen LogP contribution in [0.1, 0.15) is 50.2 Å². The molecule has 0 amide bonds. The molecule has 20 heavy (non-hydrogen) atoms. The normalized spacial score (nSPS) is 12.8. The Morgan fingerprint density at radius 3 is 2.60 bits per heavy atom. The molecule has 0 saturated heterocycles. The average molecular weight is 277 g/mol. The van der Waals surface area contributed by atoms with E-state index < -0.39 is 0 Å². The van der Waals surface area contributed by atoms with Gasteiger partial charge in [-0.05, 0) is 43.7 Å². The van der Waals surface area contributed by atoms with Crippen molar-refractivity contribution in [3.63, 3.8) is 0 Å². The van der Waals surface area contributed by atoms with Crippen LogP contribution in [0.3, 0.4) is 0 Å². The van der Waals surface area contributed by atoms with Crippen molar-refractivity contribution in [2.24, 2.45) is 5.92 Å². The molecular weight excluding hydrogens is 246 g/mol. The van der Waals surface area contributed by atoms with Gasteiger partial charge < -0.3 is 10.1 Å². The van der Waals surface area contributed by atoms with Gasteiger partial charge in [-0.1, -0.05) is 50.1 Å². The van der Waals surface area contributed by atoms with E-state index in [0.717, 1.165) is 26.1 Å². The fourth-order valence-corrected chi connectivity index (χ4v) is 2.49. The lowest BCUT2D eigenvalue weighted by molar-refractivity contribution is 0.191. The predicted octanol–water partition coefficient (Wildman–Crippen LogP) is 4.14. The van der Waals surface area contributed by atoms with Gasteiger partial charge in [0.25, 0.3) is 0 Å². The van der Waals surface area contributed by atoms with Crippen LogP contribution in [0.2, 0.25) is 0 Å². The molecule has 0 fully saturated rings. The number of benzene rings is 1. The van der Waals surface area contributed by atoms with Crippen molar-refractivity contribution < 1.29 is 4.74 Å². The van der Waals surface area contributed by atoms with Crippen LogP contribution in [0, 0.1) is 12.8 Å². The van der Waals surface area contributed by atoms with Crippen LogP contribution in [0.4, 0.5) is 0 Å². The Bertz CT molecular complexity index is 362. The summed E-state index contributed by atoms with van der Waals surface area (Å²) < 4.78 is 5.15. The standard InChI is InChI=1S/C18H31NO/c1-15(2)13-19-14-18(9-5-6-11-20-4)17-10-7-8-16(3)12-17/h7-8,10,12,15,18-19H,5-6,9,11,13-14H2,1-4H3. The molecule has 0 aliphatic rings. The second-order valence-corrected chi connectivity index (χ2v) is 6.15. The van der Waals surface area contributed by atoms with Crippen LogP contribution in [0.15, 0.2) is 24.3 Å². The minimum atomic E-state index is 0.616. The molecule has 0 aliphatic heterocycles. The van der Waals surface area contributed by atoms with Crippen LogP contribution in [-0.2, 0) is 4.74 Å². The maximum Gasteiger partial charge on any atom is 0.0462 e. The number of hydrogen-bond acceptors (Lipinski definition) is 2. The van der Waals surface area contributed by atoms with Crippen LogP contribution < -0.4 is 5.32 Å². The second kappa shape index (κ2) is 9.95. The van der Waals surface area contributed by atoms with Gasteiger partial charge >= 0.3 is 0 Å². The predicted molar refractivity (Wildman–Crippen MR) is 87.4 cm³/mol. The van der Waals surface area contributed by atoms with Gasteiger partial charge in [-0.15, -0.1) is 0 Å². The van der Waals surface area contributed by atoms with Gasteiger partial charge in [0.1, 0.15) is 0 Å². The summed E-state index contributed by atoms with van der Waals surface area (Å²) >= 11 is 0. The van der Waals surface area contributed by atoms with E-state index in [4.69, 9.17) is 4.74 Å². The first-order valence-corrected chi connectivity index (χ1v) is 7.89. The lowest BCUT2D eigenvalue weighted by atomic mass is 9.92. The molecular formula is C18H31NO. The van der Waals surface area contributed by atoms with Gasteiger partial charge in [-0.3, -0.25) is 0 Å². The largest absolute Gasteiger partial charge is 0.385 e. The van der Waals surface area contributed by atoms with Crippen LogP contribution in [-0.4, -0.2) is 26.8 Å². The SMILES string of the molecule is COCCCCC(CNCC(C)C)c1cccc(C)c1. The van der Waals surface area contributed by atoms with Gasteiger partial charge in [0, 0.05) is 20.3 Å². The number of methoxy groups -OCH3 is 1. The summed E-state index contributed by atoms with van der Waals surface area (Å²) in [6.07, 6.45) is 3.62. The first-order chi connectivity index (χ1) is 9.63. The van der Waals surface area contributed by atoms with Gasteiger partial charge in [0.2, 0.25) is 0 Å². The zero-order chi connectivity index (χ0) is 14.8. The van der Waals surface area contributed by atoms with Crippen molar-refractivity contribution in [1.29, 1.82) is 0 Å². The zero-order valence-corrected chi connectivity index (χ0v) is 13.6. The molecule has 1 aromatic rings. The summed E-state index contributed by atoms with van der Waals surface area (Å²) in [5.41, 5.74) is 2.83. The van der Waals surface area contributed by atoms with E-state index in [9.17, 15) is 0 Å². The molecule has 1 aromatic carbocycles. The highest BCUT2D eigenvalue weighted by Crippen LogP contribution is 2.22. The fraction of sp³-hybridized carbons (Fsp3) is 0.667. The molecule has 1 atom stereocenters. The Balaban J connectivity index is 2.53. The highest BCUT2D eigenvalue weighted by molar-refractivity contribution is 5.25. The van der Waals surface area contributed by atoms with Crippen molar-refractivity contribution in [3.8, 4) is 0 Å². The summed E-state index contributed by atoms with van der Waals surface area (Å²) in [5.74, 6) is 1.33. The minimum Gasteiger partial charge on any atom is -0.385 e. The number of unbranched alkanes of at least 4 members (excludes halogenated alkanes) is 1. The summed E-state index contributed by atoms with van der Waals surface area (Å²) in [6, 6.07) is 8.95. The fourth-order valence-electron chi connectivity index (χ4n) is 2.49. The molecule has 2 heteroatoms. The molecule has 0 aromatic heterocycles. The second-order valence-electron chi connectivity index (χ2n) is 6.15. The van der Waals surface area contributed by atoms with E-state index in [1.54, 1.807) is 7.11 Å². The summed E-state index contributed by atoms with van der Waals surface area (Å²) in [6.45, 7) is 9.74. The molecule has 0 saturated carbocycles. The third-order valence-electron chi connectivity index (χ3n) is 3.61. The first-order valence-electron chi connectivity index (χ1n) is 7.89. The number of nitrogens with one attached hydrogen (secondary N) is 1. The number of hydrogen-bond donors (Lipinski definition) is 1. The number of ether oxygens (including phenoxy) is 1. The van der Waals surface area contributed by atoms with Gasteiger partial charge in [0.05, 0.1) is 0 Å². The topological polar surface area (TPSA) is 21.3 Å². The van der Waals surface area contributed by atoms with Crippen LogP contribution >= 0.6 is 0 Å². The maximum atomic E-state index is 5.15. The van der Waals surface area contributed by atoms with E-state index in [0.29, 0.717) is 11.8 Å². The third-order valence-corrected chi connectivity index (χ3v) is 3.61. The van der Waals surface area contributed by atoms with E-state index in [1.807, 2.05) is 0 Å². The third kappa shape index (κ3) is 7.06. The van der Waals surface area contributed by atoms with Crippen LogP contribution in [0.5, 0.6) is 0 Å². The van der Waals surface area contributed by atoms with Crippen LogP contribution in [0.25, 0.3) is 0 Å². The maximum absolute atomic E-state index is 5.15. The quantitative estimate of drug-likeness (QED) is 0.649. The van der Waals surface area contributed by atoms with Gasteiger partial charge in [0.15, 0.2) is 0 Å². The van der Waals surface area contributed by atoms with Gasteiger partial charge in [-0.25, -0.2) is 0 Å². The van der Waals surface area contributed by atoms with Gasteiger partial charge in [-0.2, -0.15) is 0 Å². The Morgan fingerprint density at radius 1 is 1.15 bits per heavy atom. The van der Waals surface area contributed by atoms with E-state index >= 15 is 0 Å². The molecule has 0 aliphatic carbocycles. The van der Waals surface area contributed by atoms with Crippen molar-refractivity contribution in [1.82, 2.24) is 5.32 Å². The Labute approximate surface area is 124 Å². The Kier molecular flexibility index (Phi) is 8.56. The molecule has 1 unspecified atom stereocenters. The average Bonchev–Trinajstić information content (AvgIpc) is 2.41. The smallest absolute Gasteiger partial charge is 0.0462 e. The first kappa shape index (κ1) is 17.2. The zero-order valence-electron chi connectivity index (χ0n) is 13.6. The molecule has 0 heterocycles. The molecule has 1 N–H and O–H groups in total. The molecule has 0 spiro atoms. The molecule has 2 nitrogen and oxygen atoms in total. The minimum absolute atomic E-state index is 0.616. The van der Waals surface area contributed by atoms with Crippen molar-refractivity contribution in [2.75, 3.05) is 26.8 Å².